The van der Waals surface area contributed by atoms with Crippen molar-refractivity contribution in [3.8, 4) is 0 Å². The normalized spacial score (nSPS) is 19.3. The molecule has 1 aliphatic heterocycles. The second-order valence-corrected chi connectivity index (χ2v) is 7.82. The topological polar surface area (TPSA) is 73.7 Å². The van der Waals surface area contributed by atoms with Gasteiger partial charge in [0.25, 0.3) is 5.91 Å². The molecule has 3 rings (SSSR count). The highest BCUT2D eigenvalue weighted by Crippen LogP contribution is 2.17. The lowest BCUT2D eigenvalue weighted by Crippen LogP contribution is -2.49. The van der Waals surface area contributed by atoms with Crippen LogP contribution in [0.25, 0.3) is 0 Å². The number of ether oxygens (including phenoxy) is 2. The van der Waals surface area contributed by atoms with Crippen molar-refractivity contribution in [2.45, 2.75) is 53.4 Å². The standard InChI is InChI=1S/C22H29N3O4/c1-14-6-8-19(9-7-14)12-25-18(5)21(17(4)23-25)22(27)28-13-20(26)24-10-15(2)29-16(3)11-24/h6-9,15-16H,10-13H2,1-5H3/t15-,16-/m1/s1. The maximum atomic E-state index is 12.6. The highest BCUT2D eigenvalue weighted by atomic mass is 16.5. The second-order valence-electron chi connectivity index (χ2n) is 7.82. The lowest BCUT2D eigenvalue weighted by atomic mass is 10.1. The van der Waals surface area contributed by atoms with E-state index in [1.807, 2.05) is 39.8 Å². The van der Waals surface area contributed by atoms with E-state index in [0.717, 1.165) is 11.3 Å². The fraction of sp³-hybridized carbons (Fsp3) is 0.500. The van der Waals surface area contributed by atoms with E-state index in [4.69, 9.17) is 9.47 Å². The van der Waals surface area contributed by atoms with Gasteiger partial charge >= 0.3 is 5.97 Å². The van der Waals surface area contributed by atoms with Crippen LogP contribution in [-0.2, 0) is 20.8 Å². The first-order chi connectivity index (χ1) is 13.7. The quantitative estimate of drug-likeness (QED) is 0.723. The zero-order chi connectivity index (χ0) is 21.1. The van der Waals surface area contributed by atoms with Crippen molar-refractivity contribution < 1.29 is 19.1 Å². The van der Waals surface area contributed by atoms with Gasteiger partial charge in [0.15, 0.2) is 6.61 Å². The van der Waals surface area contributed by atoms with Crippen LogP contribution in [0, 0.1) is 20.8 Å². The highest BCUT2D eigenvalue weighted by molar-refractivity contribution is 5.93. The highest BCUT2D eigenvalue weighted by Gasteiger charge is 2.27. The van der Waals surface area contributed by atoms with E-state index in [2.05, 4.69) is 17.2 Å². The second kappa shape index (κ2) is 8.78. The molecule has 0 N–H and O–H groups in total. The molecule has 0 radical (unpaired) electrons. The SMILES string of the molecule is Cc1ccc(Cn2nc(C)c(C(=O)OCC(=O)N3C[C@@H](C)O[C@H](C)C3)c2C)cc1. The van der Waals surface area contributed by atoms with Crippen molar-refractivity contribution in [3.05, 3.63) is 52.3 Å². The molecule has 156 valence electrons. The Morgan fingerprint density at radius 3 is 2.34 bits per heavy atom. The minimum Gasteiger partial charge on any atom is -0.452 e. The number of benzene rings is 1. The van der Waals surface area contributed by atoms with Gasteiger partial charge in [-0.2, -0.15) is 5.10 Å². The molecule has 0 aliphatic carbocycles. The molecule has 2 atom stereocenters. The van der Waals surface area contributed by atoms with E-state index in [1.165, 1.54) is 5.56 Å². The molecule has 29 heavy (non-hydrogen) atoms. The predicted octanol–water partition coefficient (Wildman–Crippen LogP) is 2.65. The monoisotopic (exact) mass is 399 g/mol. The van der Waals surface area contributed by atoms with Crippen LogP contribution in [0.3, 0.4) is 0 Å². The Hall–Kier alpha value is -2.67. The molecule has 0 saturated carbocycles. The summed E-state index contributed by atoms with van der Waals surface area (Å²) in [5, 5.41) is 4.49. The third kappa shape index (κ3) is 5.03. The molecule has 1 saturated heterocycles. The Kier molecular flexibility index (Phi) is 6.37. The van der Waals surface area contributed by atoms with Crippen molar-refractivity contribution in [2.24, 2.45) is 0 Å². The molecule has 2 heterocycles. The van der Waals surface area contributed by atoms with Gasteiger partial charge in [0, 0.05) is 13.1 Å². The number of morpholine rings is 1. The summed E-state index contributed by atoms with van der Waals surface area (Å²) < 4.78 is 12.8. The molecular formula is C22H29N3O4. The number of aryl methyl sites for hydroxylation is 2. The molecule has 7 heteroatoms. The number of hydrogen-bond donors (Lipinski definition) is 0. The van der Waals surface area contributed by atoms with E-state index in [9.17, 15) is 9.59 Å². The number of rotatable bonds is 5. The number of esters is 1. The van der Waals surface area contributed by atoms with E-state index in [-0.39, 0.29) is 24.7 Å². The van der Waals surface area contributed by atoms with Crippen LogP contribution in [0.15, 0.2) is 24.3 Å². The molecule has 0 spiro atoms. The molecule has 0 unspecified atom stereocenters. The van der Waals surface area contributed by atoms with Gasteiger partial charge in [-0.3, -0.25) is 9.48 Å². The maximum absolute atomic E-state index is 12.6. The van der Waals surface area contributed by atoms with Crippen molar-refractivity contribution in [1.29, 1.82) is 0 Å². The summed E-state index contributed by atoms with van der Waals surface area (Å²) >= 11 is 0. The number of carbonyl (C=O) groups excluding carboxylic acids is 2. The largest absolute Gasteiger partial charge is 0.452 e. The summed E-state index contributed by atoms with van der Waals surface area (Å²) in [6.07, 6.45) is -0.0502. The number of hydrogen-bond acceptors (Lipinski definition) is 5. The molecule has 0 bridgehead atoms. The zero-order valence-corrected chi connectivity index (χ0v) is 17.8. The first-order valence-electron chi connectivity index (χ1n) is 9.94. The Labute approximate surface area is 171 Å². The van der Waals surface area contributed by atoms with Gasteiger partial charge in [0.2, 0.25) is 0 Å². The summed E-state index contributed by atoms with van der Waals surface area (Å²) in [5.41, 5.74) is 4.05. The predicted molar refractivity (Wildman–Crippen MR) is 109 cm³/mol. The maximum Gasteiger partial charge on any atom is 0.342 e. The van der Waals surface area contributed by atoms with Gasteiger partial charge in [0.05, 0.1) is 30.1 Å². The number of nitrogens with zero attached hydrogens (tertiary/aromatic N) is 3. The van der Waals surface area contributed by atoms with Crippen molar-refractivity contribution in [3.63, 3.8) is 0 Å². The van der Waals surface area contributed by atoms with Gasteiger partial charge < -0.3 is 14.4 Å². The van der Waals surface area contributed by atoms with E-state index < -0.39 is 5.97 Å². The van der Waals surface area contributed by atoms with Crippen molar-refractivity contribution in [1.82, 2.24) is 14.7 Å². The van der Waals surface area contributed by atoms with Crippen LogP contribution in [-0.4, -0.2) is 58.5 Å². The van der Waals surface area contributed by atoms with Crippen LogP contribution in [0.2, 0.25) is 0 Å². The molecule has 2 aromatic rings. The Balaban J connectivity index is 1.64. The van der Waals surface area contributed by atoms with Gasteiger partial charge in [-0.05, 0) is 40.2 Å². The molecule has 7 nitrogen and oxygen atoms in total. The lowest BCUT2D eigenvalue weighted by Gasteiger charge is -2.35. The van der Waals surface area contributed by atoms with Gasteiger partial charge in [0.1, 0.15) is 5.56 Å². The molecule has 1 aliphatic rings. The summed E-state index contributed by atoms with van der Waals surface area (Å²) in [5.74, 6) is -0.722. The Morgan fingerprint density at radius 2 is 1.72 bits per heavy atom. The fourth-order valence-corrected chi connectivity index (χ4v) is 3.68. The van der Waals surface area contributed by atoms with Gasteiger partial charge in [-0.25, -0.2) is 4.79 Å². The Morgan fingerprint density at radius 1 is 1.10 bits per heavy atom. The summed E-state index contributed by atoms with van der Waals surface area (Å²) in [4.78, 5) is 26.8. The first kappa shape index (κ1) is 21.0. The summed E-state index contributed by atoms with van der Waals surface area (Å²) in [6.45, 7) is 10.8. The van der Waals surface area contributed by atoms with Gasteiger partial charge in [-0.1, -0.05) is 29.8 Å². The molecule has 1 aromatic heterocycles. The third-order valence-electron chi connectivity index (χ3n) is 5.14. The van der Waals surface area contributed by atoms with Crippen molar-refractivity contribution >= 4 is 11.9 Å². The fourth-order valence-electron chi connectivity index (χ4n) is 3.68. The van der Waals surface area contributed by atoms with Crippen LogP contribution in [0.1, 0.15) is 46.7 Å². The molecule has 1 amide bonds. The van der Waals surface area contributed by atoms with Gasteiger partial charge in [-0.15, -0.1) is 0 Å². The van der Waals surface area contributed by atoms with Crippen LogP contribution < -0.4 is 0 Å². The van der Waals surface area contributed by atoms with Crippen LogP contribution in [0.5, 0.6) is 0 Å². The van der Waals surface area contributed by atoms with E-state index >= 15 is 0 Å². The minimum absolute atomic E-state index is 0.0251. The third-order valence-corrected chi connectivity index (χ3v) is 5.14. The van der Waals surface area contributed by atoms with Crippen LogP contribution in [0.4, 0.5) is 0 Å². The summed E-state index contributed by atoms with van der Waals surface area (Å²) in [6, 6.07) is 8.20. The molecular weight excluding hydrogens is 370 g/mol. The van der Waals surface area contributed by atoms with Crippen molar-refractivity contribution in [2.75, 3.05) is 19.7 Å². The molecule has 1 aromatic carbocycles. The first-order valence-corrected chi connectivity index (χ1v) is 9.94. The molecule has 1 fully saturated rings. The Bertz CT molecular complexity index is 878. The number of aromatic nitrogens is 2. The van der Waals surface area contributed by atoms with Crippen LogP contribution >= 0.6 is 0 Å². The lowest BCUT2D eigenvalue weighted by molar-refractivity contribution is -0.146. The zero-order valence-electron chi connectivity index (χ0n) is 17.8. The van der Waals surface area contributed by atoms with E-state index in [1.54, 1.807) is 16.5 Å². The number of carbonyl (C=O) groups is 2. The average Bonchev–Trinajstić information content (AvgIpc) is 2.94. The smallest absolute Gasteiger partial charge is 0.342 e. The average molecular weight is 399 g/mol. The summed E-state index contributed by atoms with van der Waals surface area (Å²) in [7, 11) is 0. The number of amides is 1. The van der Waals surface area contributed by atoms with E-state index in [0.29, 0.717) is 30.9 Å². The minimum atomic E-state index is -0.516.